The second kappa shape index (κ2) is 9.22. The molecule has 4 aliphatic carbocycles. The van der Waals surface area contributed by atoms with Crippen molar-refractivity contribution >= 4 is 17.5 Å². The molecule has 0 radical (unpaired) electrons. The number of aliphatic hydroxyl groups is 2. The molecule has 0 aliphatic heterocycles. The van der Waals surface area contributed by atoms with E-state index in [2.05, 4.69) is 6.92 Å². The number of unbranched alkanes of at least 4 members (excludes halogenated alkanes) is 3. The number of esters is 1. The molecule has 7 atom stereocenters. The van der Waals surface area contributed by atoms with Crippen molar-refractivity contribution in [1.82, 2.24) is 0 Å². The molecule has 0 heterocycles. The molecule has 35 heavy (non-hydrogen) atoms. The molecular formula is C28H39FO6. The van der Waals surface area contributed by atoms with Gasteiger partial charge in [0.1, 0.15) is 6.61 Å². The molecule has 3 saturated carbocycles. The summed E-state index contributed by atoms with van der Waals surface area (Å²) in [6.45, 7) is 4.87. The molecule has 4 rings (SSSR count). The highest BCUT2D eigenvalue weighted by Gasteiger charge is 2.75. The Hall–Kier alpha value is -1.86. The summed E-state index contributed by atoms with van der Waals surface area (Å²) in [7, 11) is 0. The minimum absolute atomic E-state index is 0.0653. The predicted octanol–water partition coefficient (Wildman–Crippen LogP) is 4.17. The van der Waals surface area contributed by atoms with E-state index in [4.69, 9.17) is 4.74 Å². The zero-order valence-electron chi connectivity index (χ0n) is 21.1. The zero-order valence-corrected chi connectivity index (χ0v) is 21.1. The number of hydrogen-bond donors (Lipinski definition) is 2. The van der Waals surface area contributed by atoms with Gasteiger partial charge >= 0.3 is 5.97 Å². The fourth-order valence-electron chi connectivity index (χ4n) is 7.95. The van der Waals surface area contributed by atoms with Gasteiger partial charge in [-0.1, -0.05) is 44.8 Å². The number of aliphatic hydroxyl groups excluding tert-OH is 2. The van der Waals surface area contributed by atoms with E-state index in [1.165, 1.54) is 12.2 Å². The summed E-state index contributed by atoms with van der Waals surface area (Å²) in [6.07, 6.45) is 8.40. The molecule has 7 unspecified atom stereocenters. The van der Waals surface area contributed by atoms with Gasteiger partial charge < -0.3 is 14.9 Å². The largest absolute Gasteiger partial charge is 0.450 e. The summed E-state index contributed by atoms with van der Waals surface area (Å²) in [5, 5.41) is 21.3. The Morgan fingerprint density at radius 1 is 1.17 bits per heavy atom. The highest BCUT2D eigenvalue weighted by molar-refractivity contribution is 6.01. The van der Waals surface area contributed by atoms with Crippen LogP contribution in [-0.4, -0.2) is 51.7 Å². The van der Waals surface area contributed by atoms with Gasteiger partial charge in [-0.3, -0.25) is 14.4 Å². The van der Waals surface area contributed by atoms with Crippen LogP contribution in [0, 0.1) is 22.7 Å². The lowest BCUT2D eigenvalue weighted by molar-refractivity contribution is -0.225. The van der Waals surface area contributed by atoms with Crippen LogP contribution in [0.3, 0.4) is 0 Å². The Morgan fingerprint density at radius 2 is 1.91 bits per heavy atom. The third-order valence-electron chi connectivity index (χ3n) is 9.88. The van der Waals surface area contributed by atoms with Gasteiger partial charge in [0, 0.05) is 23.2 Å². The van der Waals surface area contributed by atoms with Crippen molar-refractivity contribution in [1.29, 1.82) is 0 Å². The van der Waals surface area contributed by atoms with Crippen molar-refractivity contribution in [2.45, 2.75) is 102 Å². The number of rotatable bonds is 8. The number of carbonyl (C=O) groups excluding carboxylic acids is 3. The molecule has 6 nitrogen and oxygen atoms in total. The number of allylic oxidation sites excluding steroid dienone is 4. The van der Waals surface area contributed by atoms with Crippen LogP contribution in [-0.2, 0) is 19.1 Å². The average molecular weight is 491 g/mol. The maximum absolute atomic E-state index is 17.2. The molecule has 0 saturated heterocycles. The van der Waals surface area contributed by atoms with Crippen LogP contribution in [0.25, 0.3) is 0 Å². The van der Waals surface area contributed by atoms with Crippen molar-refractivity contribution in [3.8, 4) is 0 Å². The monoisotopic (exact) mass is 490 g/mol. The Labute approximate surface area is 207 Å². The van der Waals surface area contributed by atoms with Gasteiger partial charge in [0.2, 0.25) is 5.78 Å². The van der Waals surface area contributed by atoms with Crippen LogP contribution >= 0.6 is 0 Å². The van der Waals surface area contributed by atoms with E-state index < -0.39 is 52.5 Å². The van der Waals surface area contributed by atoms with E-state index in [0.29, 0.717) is 31.3 Å². The highest BCUT2D eigenvalue weighted by Crippen LogP contribution is 2.70. The molecule has 0 amide bonds. The van der Waals surface area contributed by atoms with Crippen molar-refractivity contribution in [2.75, 3.05) is 6.61 Å². The molecule has 194 valence electrons. The number of Topliss-reactive ketones (excluding diaryl/α,β-unsaturated/α-hetero) is 1. The van der Waals surface area contributed by atoms with Gasteiger partial charge in [-0.15, -0.1) is 0 Å². The first-order chi connectivity index (χ1) is 16.5. The topological polar surface area (TPSA) is 101 Å². The maximum Gasteiger partial charge on any atom is 0.306 e. The van der Waals surface area contributed by atoms with E-state index in [-0.39, 0.29) is 31.0 Å². The molecule has 0 aromatic heterocycles. The van der Waals surface area contributed by atoms with Crippen LogP contribution in [0.2, 0.25) is 0 Å². The molecule has 3 fully saturated rings. The van der Waals surface area contributed by atoms with Crippen LogP contribution in [0.5, 0.6) is 0 Å². The fourth-order valence-corrected chi connectivity index (χ4v) is 7.95. The first-order valence-corrected chi connectivity index (χ1v) is 13.2. The molecule has 0 aromatic rings. The van der Waals surface area contributed by atoms with Crippen LogP contribution in [0.4, 0.5) is 4.39 Å². The quantitative estimate of drug-likeness (QED) is 0.391. The summed E-state index contributed by atoms with van der Waals surface area (Å²) in [4.78, 5) is 38.1. The number of ether oxygens (including phenoxy) is 1. The molecule has 0 aromatic carbocycles. The third-order valence-corrected chi connectivity index (χ3v) is 9.88. The van der Waals surface area contributed by atoms with E-state index >= 15 is 4.39 Å². The van der Waals surface area contributed by atoms with Gasteiger partial charge in [0.15, 0.2) is 17.1 Å². The molecule has 2 N–H and O–H groups in total. The first kappa shape index (κ1) is 26.2. The Kier molecular flexibility index (Phi) is 6.90. The van der Waals surface area contributed by atoms with Crippen molar-refractivity contribution < 1.29 is 33.7 Å². The van der Waals surface area contributed by atoms with Gasteiger partial charge in [0.25, 0.3) is 0 Å². The van der Waals surface area contributed by atoms with E-state index in [9.17, 15) is 24.6 Å². The molecule has 0 spiro atoms. The second-order valence-electron chi connectivity index (χ2n) is 11.5. The standard InChI is InChI=1S/C28H39FO6/c1-4-5-6-7-8-24(34)35-27(23(33)17-30)14-12-20-21-10-9-18-15-19(31)11-13-25(18,2)28(21,29)22(32)16-26(20,27)3/h11,13,15,20-22,30,32H,4-10,12,14,16-17H2,1-3H3. The Bertz CT molecular complexity index is 957. The van der Waals surface area contributed by atoms with Crippen molar-refractivity contribution in [3.63, 3.8) is 0 Å². The first-order valence-electron chi connectivity index (χ1n) is 13.2. The Morgan fingerprint density at radius 3 is 2.60 bits per heavy atom. The smallest absolute Gasteiger partial charge is 0.306 e. The molecule has 4 aliphatic rings. The fraction of sp³-hybridized carbons (Fsp3) is 0.750. The number of fused-ring (bicyclic) bond motifs is 5. The molecule has 0 bridgehead atoms. The van der Waals surface area contributed by atoms with Crippen LogP contribution in [0.15, 0.2) is 23.8 Å². The summed E-state index contributed by atoms with van der Waals surface area (Å²) >= 11 is 0. The van der Waals surface area contributed by atoms with Crippen molar-refractivity contribution in [2.24, 2.45) is 22.7 Å². The van der Waals surface area contributed by atoms with Gasteiger partial charge in [-0.05, 0) is 63.5 Å². The number of hydrogen-bond acceptors (Lipinski definition) is 6. The molecular weight excluding hydrogens is 451 g/mol. The Balaban J connectivity index is 1.68. The van der Waals surface area contributed by atoms with E-state index in [1.807, 2.05) is 6.92 Å². The van der Waals surface area contributed by atoms with Gasteiger partial charge in [0.05, 0.1) is 6.10 Å². The summed E-state index contributed by atoms with van der Waals surface area (Å²) in [5.41, 5.74) is -5.02. The van der Waals surface area contributed by atoms with E-state index in [1.54, 1.807) is 13.0 Å². The minimum Gasteiger partial charge on any atom is -0.450 e. The highest BCUT2D eigenvalue weighted by atomic mass is 19.1. The average Bonchev–Trinajstić information content (AvgIpc) is 3.10. The second-order valence-corrected chi connectivity index (χ2v) is 11.5. The summed E-state index contributed by atoms with van der Waals surface area (Å²) in [6, 6.07) is 0. The lowest BCUT2D eigenvalue weighted by Crippen LogP contribution is -2.69. The van der Waals surface area contributed by atoms with Gasteiger partial charge in [-0.2, -0.15) is 0 Å². The van der Waals surface area contributed by atoms with Crippen LogP contribution in [0.1, 0.15) is 85.0 Å². The van der Waals surface area contributed by atoms with E-state index in [0.717, 1.165) is 19.3 Å². The SMILES string of the molecule is CCCCCCC(=O)OC1(C(=O)CO)CCC2C3CCC4=CC(=O)C=CC4(C)C3(F)C(O)CC21C. The normalized spacial score (nSPS) is 42.1. The number of halogens is 1. The number of alkyl halides is 1. The predicted molar refractivity (Wildman–Crippen MR) is 128 cm³/mol. The number of ketones is 2. The van der Waals surface area contributed by atoms with Crippen molar-refractivity contribution in [3.05, 3.63) is 23.8 Å². The summed E-state index contributed by atoms with van der Waals surface area (Å²) < 4.78 is 23.2. The minimum atomic E-state index is -2.01. The van der Waals surface area contributed by atoms with Gasteiger partial charge in [-0.25, -0.2) is 4.39 Å². The maximum atomic E-state index is 17.2. The summed E-state index contributed by atoms with van der Waals surface area (Å²) in [5.74, 6) is -2.12. The lowest BCUT2D eigenvalue weighted by Gasteiger charge is -2.62. The lowest BCUT2D eigenvalue weighted by atomic mass is 9.44. The number of carbonyl (C=O) groups is 3. The zero-order chi connectivity index (χ0) is 25.6. The van der Waals surface area contributed by atoms with Crippen LogP contribution < -0.4 is 0 Å². The molecule has 7 heteroatoms. The third kappa shape index (κ3) is 3.67.